The van der Waals surface area contributed by atoms with Gasteiger partial charge in [0, 0.05) is 19.0 Å². The molecule has 102 valence electrons. The van der Waals surface area contributed by atoms with Crippen molar-refractivity contribution in [3.63, 3.8) is 0 Å². The lowest BCUT2D eigenvalue weighted by atomic mass is 10.1. The van der Waals surface area contributed by atoms with E-state index in [1.165, 1.54) is 17.0 Å². The van der Waals surface area contributed by atoms with Crippen LogP contribution < -0.4 is 9.64 Å². The molecule has 2 rings (SSSR count). The first-order valence-corrected chi connectivity index (χ1v) is 5.98. The van der Waals surface area contributed by atoms with Crippen LogP contribution in [0.25, 0.3) is 0 Å². The molecule has 1 N–H and O–H groups in total. The Morgan fingerprint density at radius 1 is 1.58 bits per heavy atom. The van der Waals surface area contributed by atoms with Crippen molar-refractivity contribution in [1.29, 1.82) is 0 Å². The van der Waals surface area contributed by atoms with E-state index in [1.54, 1.807) is 13.0 Å². The molecule has 0 radical (unpaired) electrons. The van der Waals surface area contributed by atoms with Crippen LogP contribution >= 0.6 is 0 Å². The fraction of sp³-hybridized carbons (Fsp3) is 0.385. The number of ether oxygens (including phenoxy) is 1. The van der Waals surface area contributed by atoms with E-state index in [0.717, 1.165) is 0 Å². The summed E-state index contributed by atoms with van der Waals surface area (Å²) in [4.78, 5) is 23.7. The van der Waals surface area contributed by atoms with Crippen molar-refractivity contribution < 1.29 is 23.8 Å². The molecule has 1 amide bonds. The molecule has 0 bridgehead atoms. The molecule has 5 nitrogen and oxygen atoms in total. The number of hydrogen-bond acceptors (Lipinski definition) is 3. The van der Waals surface area contributed by atoms with Crippen LogP contribution in [-0.2, 0) is 9.59 Å². The summed E-state index contributed by atoms with van der Waals surface area (Å²) in [5, 5.41) is 8.89. The monoisotopic (exact) mass is 267 g/mol. The number of nitrogens with zero attached hydrogens (tertiary/aromatic N) is 1. The molecule has 1 aliphatic rings. The number of carbonyl (C=O) groups excluding carboxylic acids is 1. The molecule has 1 fully saturated rings. The largest absolute Gasteiger partial charge is 0.494 e. The van der Waals surface area contributed by atoms with Crippen LogP contribution in [0.15, 0.2) is 18.2 Å². The topological polar surface area (TPSA) is 66.8 Å². The number of aliphatic carboxylic acids is 1. The molecule has 1 atom stereocenters. The number of amides is 1. The summed E-state index contributed by atoms with van der Waals surface area (Å²) in [6.45, 7) is 2.20. The Morgan fingerprint density at radius 3 is 2.84 bits per heavy atom. The molecule has 1 unspecified atom stereocenters. The summed E-state index contributed by atoms with van der Waals surface area (Å²) in [6.07, 6.45) is -0.0953. The summed E-state index contributed by atoms with van der Waals surface area (Å²) in [5.41, 5.74) is 0.0946. The highest BCUT2D eigenvalue weighted by molar-refractivity contribution is 5.99. The number of anilines is 1. The van der Waals surface area contributed by atoms with Crippen LogP contribution in [0, 0.1) is 11.7 Å². The molecule has 1 saturated heterocycles. The maximum Gasteiger partial charge on any atom is 0.308 e. The predicted octanol–water partition coefficient (Wildman–Crippen LogP) is 1.66. The Kier molecular flexibility index (Phi) is 3.69. The van der Waals surface area contributed by atoms with E-state index < -0.39 is 17.7 Å². The second-order valence-corrected chi connectivity index (χ2v) is 4.29. The lowest BCUT2D eigenvalue weighted by molar-refractivity contribution is -0.141. The summed E-state index contributed by atoms with van der Waals surface area (Å²) >= 11 is 0. The van der Waals surface area contributed by atoms with Crippen molar-refractivity contribution in [3.05, 3.63) is 24.0 Å². The number of carboxylic acid groups (broad SMARTS) is 1. The van der Waals surface area contributed by atoms with Crippen molar-refractivity contribution >= 4 is 17.6 Å². The Bertz CT molecular complexity index is 517. The smallest absolute Gasteiger partial charge is 0.308 e. The van der Waals surface area contributed by atoms with Crippen LogP contribution in [0.5, 0.6) is 5.75 Å². The van der Waals surface area contributed by atoms with E-state index in [-0.39, 0.29) is 24.6 Å². The minimum absolute atomic E-state index is 0.000924. The number of halogens is 1. The van der Waals surface area contributed by atoms with E-state index in [0.29, 0.717) is 12.4 Å². The molecule has 0 spiro atoms. The molecular weight excluding hydrogens is 253 g/mol. The van der Waals surface area contributed by atoms with Gasteiger partial charge >= 0.3 is 5.97 Å². The van der Waals surface area contributed by atoms with Crippen LogP contribution in [0.2, 0.25) is 0 Å². The Morgan fingerprint density at radius 2 is 2.32 bits per heavy atom. The maximum atomic E-state index is 13.9. The van der Waals surface area contributed by atoms with E-state index in [9.17, 15) is 14.0 Å². The van der Waals surface area contributed by atoms with Gasteiger partial charge in [-0.25, -0.2) is 4.39 Å². The lowest BCUT2D eigenvalue weighted by Crippen LogP contribution is -2.26. The van der Waals surface area contributed by atoms with Gasteiger partial charge in [0.1, 0.15) is 5.75 Å². The quantitative estimate of drug-likeness (QED) is 0.901. The zero-order chi connectivity index (χ0) is 14.0. The van der Waals surface area contributed by atoms with Gasteiger partial charge in [-0.05, 0) is 19.1 Å². The average molecular weight is 267 g/mol. The Labute approximate surface area is 109 Å². The maximum absolute atomic E-state index is 13.9. The van der Waals surface area contributed by atoms with Gasteiger partial charge in [-0.3, -0.25) is 9.59 Å². The van der Waals surface area contributed by atoms with E-state index in [1.807, 2.05) is 0 Å². The molecule has 1 aromatic rings. The fourth-order valence-corrected chi connectivity index (χ4v) is 2.07. The number of rotatable bonds is 4. The van der Waals surface area contributed by atoms with Crippen molar-refractivity contribution in [1.82, 2.24) is 0 Å². The molecule has 1 aromatic carbocycles. The molecule has 0 aromatic heterocycles. The number of hydrogen-bond donors (Lipinski definition) is 1. The molecule has 1 heterocycles. The summed E-state index contributed by atoms with van der Waals surface area (Å²) in [5.74, 6) is -2.41. The first kappa shape index (κ1) is 13.3. The first-order chi connectivity index (χ1) is 9.02. The van der Waals surface area contributed by atoms with Crippen LogP contribution in [0.3, 0.4) is 0 Å². The zero-order valence-electron chi connectivity index (χ0n) is 10.4. The number of carboxylic acids is 1. The molecule has 19 heavy (non-hydrogen) atoms. The normalized spacial score (nSPS) is 18.7. The van der Waals surface area contributed by atoms with Gasteiger partial charge in [-0.1, -0.05) is 0 Å². The number of carbonyl (C=O) groups is 2. The van der Waals surface area contributed by atoms with Crippen molar-refractivity contribution in [2.24, 2.45) is 5.92 Å². The highest BCUT2D eigenvalue weighted by Gasteiger charge is 2.36. The van der Waals surface area contributed by atoms with Gasteiger partial charge in [0.2, 0.25) is 5.91 Å². The SMILES string of the molecule is CCOc1ccc(N2CC(C(=O)O)CC2=O)c(F)c1. The predicted molar refractivity (Wildman–Crippen MR) is 65.7 cm³/mol. The van der Waals surface area contributed by atoms with Gasteiger partial charge in [-0.2, -0.15) is 0 Å². The third kappa shape index (κ3) is 2.67. The average Bonchev–Trinajstić information content (AvgIpc) is 2.72. The second-order valence-electron chi connectivity index (χ2n) is 4.29. The van der Waals surface area contributed by atoms with Crippen molar-refractivity contribution in [3.8, 4) is 5.75 Å². The van der Waals surface area contributed by atoms with Crippen molar-refractivity contribution in [2.45, 2.75) is 13.3 Å². The van der Waals surface area contributed by atoms with Gasteiger partial charge < -0.3 is 14.7 Å². The Hall–Kier alpha value is -2.11. The van der Waals surface area contributed by atoms with Gasteiger partial charge in [0.05, 0.1) is 18.2 Å². The van der Waals surface area contributed by atoms with Crippen LogP contribution in [-0.4, -0.2) is 30.1 Å². The van der Waals surface area contributed by atoms with Crippen LogP contribution in [0.4, 0.5) is 10.1 Å². The highest BCUT2D eigenvalue weighted by Crippen LogP contribution is 2.29. The minimum Gasteiger partial charge on any atom is -0.494 e. The van der Waals surface area contributed by atoms with Gasteiger partial charge in [0.25, 0.3) is 0 Å². The number of benzene rings is 1. The van der Waals surface area contributed by atoms with E-state index in [4.69, 9.17) is 9.84 Å². The zero-order valence-corrected chi connectivity index (χ0v) is 10.4. The molecule has 0 aliphatic carbocycles. The second kappa shape index (κ2) is 5.26. The standard InChI is InChI=1S/C13H14FNO4/c1-2-19-9-3-4-11(10(14)6-9)15-7-8(13(17)18)5-12(15)16/h3-4,6,8H,2,5,7H2,1H3,(H,17,18). The van der Waals surface area contributed by atoms with Gasteiger partial charge in [0.15, 0.2) is 5.82 Å². The lowest BCUT2D eigenvalue weighted by Gasteiger charge is -2.17. The molecule has 1 aliphatic heterocycles. The van der Waals surface area contributed by atoms with E-state index in [2.05, 4.69) is 0 Å². The summed E-state index contributed by atoms with van der Waals surface area (Å²) < 4.78 is 19.1. The highest BCUT2D eigenvalue weighted by atomic mass is 19.1. The van der Waals surface area contributed by atoms with E-state index >= 15 is 0 Å². The third-order valence-electron chi connectivity index (χ3n) is 3.00. The fourth-order valence-electron chi connectivity index (χ4n) is 2.07. The molecule has 0 saturated carbocycles. The Balaban J connectivity index is 2.23. The van der Waals surface area contributed by atoms with Gasteiger partial charge in [-0.15, -0.1) is 0 Å². The summed E-state index contributed by atoms with van der Waals surface area (Å²) in [6, 6.07) is 4.19. The van der Waals surface area contributed by atoms with Crippen molar-refractivity contribution in [2.75, 3.05) is 18.1 Å². The molecule has 6 heteroatoms. The third-order valence-corrected chi connectivity index (χ3v) is 3.00. The first-order valence-electron chi connectivity index (χ1n) is 5.98. The summed E-state index contributed by atoms with van der Waals surface area (Å²) in [7, 11) is 0. The molecular formula is C13H14FNO4. The minimum atomic E-state index is -1.04. The van der Waals surface area contributed by atoms with Crippen LogP contribution in [0.1, 0.15) is 13.3 Å².